The lowest BCUT2D eigenvalue weighted by atomic mass is 10.0. The highest BCUT2D eigenvalue weighted by Gasteiger charge is 2.50. The largest absolute Gasteiger partial charge is 0.497 e. The van der Waals surface area contributed by atoms with Gasteiger partial charge in [0.25, 0.3) is 0 Å². The van der Waals surface area contributed by atoms with Crippen LogP contribution < -0.4 is 18.7 Å². The molecular formula is C32H39N2O6S+. The fourth-order valence-electron chi connectivity index (χ4n) is 5.06. The molecule has 3 atom stereocenters. The number of para-hydroxylation sites is 1. The molecule has 9 heteroatoms. The molecule has 218 valence electrons. The molecular weight excluding hydrogens is 540 g/mol. The van der Waals surface area contributed by atoms with Gasteiger partial charge < -0.3 is 23.8 Å². The number of thioether (sulfide) groups is 1. The third-order valence-corrected chi connectivity index (χ3v) is 8.89. The van der Waals surface area contributed by atoms with Crippen molar-refractivity contribution in [1.82, 2.24) is 9.38 Å². The second kappa shape index (κ2) is 13.4. The molecule has 1 heterocycles. The molecule has 8 nitrogen and oxygen atoms in total. The van der Waals surface area contributed by atoms with Crippen LogP contribution in [0.15, 0.2) is 71.6 Å². The second-order valence-electron chi connectivity index (χ2n) is 10.3. The molecule has 1 aliphatic heterocycles. The molecule has 4 rings (SSSR count). The number of carbonyl (C=O) groups excluding carboxylic acids is 2. The molecule has 0 N–H and O–H groups in total. The molecule has 0 radical (unpaired) electrons. The number of rotatable bonds is 11. The maximum atomic E-state index is 14.4. The van der Waals surface area contributed by atoms with E-state index in [1.54, 1.807) is 33.1 Å². The Balaban J connectivity index is 1.59. The Kier molecular flexibility index (Phi) is 9.96. The molecule has 0 saturated carbocycles. The number of hydrogen-bond acceptors (Lipinski definition) is 8. The van der Waals surface area contributed by atoms with Gasteiger partial charge in [-0.25, -0.2) is 9.28 Å². The fourth-order valence-corrected chi connectivity index (χ4v) is 6.47. The van der Waals surface area contributed by atoms with Crippen LogP contribution in [0.25, 0.3) is 0 Å². The van der Waals surface area contributed by atoms with E-state index in [-0.39, 0.29) is 10.4 Å². The minimum Gasteiger partial charge on any atom is -0.497 e. The Morgan fingerprint density at radius 2 is 1.54 bits per heavy atom. The van der Waals surface area contributed by atoms with Gasteiger partial charge in [-0.1, -0.05) is 24.3 Å². The first-order valence-electron chi connectivity index (χ1n) is 13.6. The summed E-state index contributed by atoms with van der Waals surface area (Å²) in [6.07, 6.45) is -0.165. The summed E-state index contributed by atoms with van der Waals surface area (Å²) >= 11 is 1.56. The molecule has 0 aromatic heterocycles. The van der Waals surface area contributed by atoms with Crippen molar-refractivity contribution in [3.8, 4) is 17.2 Å². The van der Waals surface area contributed by atoms with Gasteiger partial charge in [-0.3, -0.25) is 4.79 Å². The lowest BCUT2D eigenvalue weighted by molar-refractivity contribution is -0.157. The van der Waals surface area contributed by atoms with Crippen LogP contribution in [0, 0.1) is 0 Å². The van der Waals surface area contributed by atoms with Gasteiger partial charge in [-0.2, -0.15) is 0 Å². The quantitative estimate of drug-likeness (QED) is 0.229. The summed E-state index contributed by atoms with van der Waals surface area (Å²) in [5.41, 5.74) is 2.91. The first-order valence-corrected chi connectivity index (χ1v) is 14.4. The van der Waals surface area contributed by atoms with Gasteiger partial charge in [0.1, 0.15) is 23.8 Å². The third-order valence-electron chi connectivity index (χ3n) is 7.52. The SMILES string of the molecule is COc1ccc([C@H]2Sc3ccccc3[N@@+](C)(CCN(C)CCc3cc(OC)cc(OC)c3)C(=O)[C@H]2OC(C)=O)cc1. The first kappa shape index (κ1) is 30.4. The van der Waals surface area contributed by atoms with E-state index in [0.717, 1.165) is 51.9 Å². The van der Waals surface area contributed by atoms with Crippen LogP contribution in [0.1, 0.15) is 23.3 Å². The van der Waals surface area contributed by atoms with Crippen LogP contribution in [0.5, 0.6) is 17.2 Å². The Bertz CT molecular complexity index is 1340. The molecule has 0 bridgehead atoms. The van der Waals surface area contributed by atoms with Crippen molar-refractivity contribution in [1.29, 1.82) is 0 Å². The van der Waals surface area contributed by atoms with Crippen molar-refractivity contribution < 1.29 is 28.5 Å². The van der Waals surface area contributed by atoms with Crippen molar-refractivity contribution in [2.24, 2.45) is 0 Å². The number of nitrogens with zero attached hydrogens (tertiary/aromatic N) is 2. The average molecular weight is 580 g/mol. The van der Waals surface area contributed by atoms with E-state index >= 15 is 0 Å². The summed E-state index contributed by atoms with van der Waals surface area (Å²) in [6.45, 7) is 3.30. The van der Waals surface area contributed by atoms with Gasteiger partial charge in [-0.15, -0.1) is 11.8 Å². The molecule has 1 amide bonds. The number of ether oxygens (including phenoxy) is 4. The first-order chi connectivity index (χ1) is 19.7. The van der Waals surface area contributed by atoms with Gasteiger partial charge in [-0.05, 0) is 54.9 Å². The molecule has 1 aliphatic rings. The lowest BCUT2D eigenvalue weighted by Crippen LogP contribution is -2.58. The van der Waals surface area contributed by atoms with Crippen LogP contribution in [0.2, 0.25) is 0 Å². The zero-order valence-corrected chi connectivity index (χ0v) is 25.4. The number of quaternary nitrogens is 1. The van der Waals surface area contributed by atoms with Gasteiger partial charge >= 0.3 is 11.9 Å². The zero-order chi connectivity index (χ0) is 29.6. The highest BCUT2D eigenvalue weighted by molar-refractivity contribution is 7.99. The van der Waals surface area contributed by atoms with Crippen molar-refractivity contribution in [2.75, 3.05) is 55.1 Å². The minimum absolute atomic E-state index is 0.0189. The highest BCUT2D eigenvalue weighted by atomic mass is 32.2. The van der Waals surface area contributed by atoms with E-state index in [4.69, 9.17) is 18.9 Å². The van der Waals surface area contributed by atoms with Crippen molar-refractivity contribution in [3.63, 3.8) is 0 Å². The maximum absolute atomic E-state index is 14.4. The van der Waals surface area contributed by atoms with E-state index in [0.29, 0.717) is 13.1 Å². The Hall–Kier alpha value is -3.53. The molecule has 0 saturated heterocycles. The number of benzene rings is 3. The van der Waals surface area contributed by atoms with Crippen LogP contribution >= 0.6 is 11.8 Å². The zero-order valence-electron chi connectivity index (χ0n) is 24.6. The van der Waals surface area contributed by atoms with E-state index < -0.39 is 17.3 Å². The monoisotopic (exact) mass is 579 g/mol. The number of amides is 1. The number of hydrogen-bond donors (Lipinski definition) is 0. The third kappa shape index (κ3) is 7.04. The van der Waals surface area contributed by atoms with Crippen LogP contribution in [0.4, 0.5) is 5.69 Å². The van der Waals surface area contributed by atoms with Gasteiger partial charge in [0.2, 0.25) is 6.10 Å². The molecule has 0 aliphatic carbocycles. The van der Waals surface area contributed by atoms with Gasteiger partial charge in [0.05, 0.1) is 38.5 Å². The van der Waals surface area contributed by atoms with E-state index in [1.165, 1.54) is 6.92 Å². The Labute approximate surface area is 246 Å². The summed E-state index contributed by atoms with van der Waals surface area (Å²) < 4.78 is 22.0. The predicted octanol–water partition coefficient (Wildman–Crippen LogP) is 5.13. The van der Waals surface area contributed by atoms with Crippen LogP contribution in [-0.4, -0.2) is 77.9 Å². The van der Waals surface area contributed by atoms with E-state index in [1.807, 2.05) is 73.8 Å². The van der Waals surface area contributed by atoms with Gasteiger partial charge in [0.15, 0.2) is 5.69 Å². The number of carbonyl (C=O) groups is 2. The average Bonchev–Trinajstić information content (AvgIpc) is 3.08. The molecule has 3 aromatic carbocycles. The number of methoxy groups -OCH3 is 3. The lowest BCUT2D eigenvalue weighted by Gasteiger charge is -2.34. The van der Waals surface area contributed by atoms with Gasteiger partial charge in [0, 0.05) is 32.1 Å². The van der Waals surface area contributed by atoms with Crippen molar-refractivity contribution in [3.05, 3.63) is 77.9 Å². The number of fused-ring (bicyclic) bond motifs is 1. The van der Waals surface area contributed by atoms with Crippen molar-refractivity contribution >= 4 is 29.3 Å². The normalized spacial score (nSPS) is 20.2. The second-order valence-corrected chi connectivity index (χ2v) is 11.5. The highest BCUT2D eigenvalue weighted by Crippen LogP contribution is 2.48. The van der Waals surface area contributed by atoms with Crippen molar-refractivity contribution in [2.45, 2.75) is 29.6 Å². The molecule has 0 spiro atoms. The molecule has 41 heavy (non-hydrogen) atoms. The summed E-state index contributed by atoms with van der Waals surface area (Å²) in [4.78, 5) is 29.9. The maximum Gasteiger partial charge on any atom is 0.361 e. The Morgan fingerprint density at radius 1 is 0.902 bits per heavy atom. The molecule has 3 aromatic rings. The summed E-state index contributed by atoms with van der Waals surface area (Å²) in [7, 11) is 8.88. The molecule has 0 fully saturated rings. The Morgan fingerprint density at radius 3 is 2.15 bits per heavy atom. The number of esters is 1. The van der Waals surface area contributed by atoms with Crippen LogP contribution in [-0.2, 0) is 20.7 Å². The predicted molar refractivity (Wildman–Crippen MR) is 162 cm³/mol. The van der Waals surface area contributed by atoms with E-state index in [2.05, 4.69) is 11.9 Å². The van der Waals surface area contributed by atoms with E-state index in [9.17, 15) is 9.59 Å². The van der Waals surface area contributed by atoms with Crippen LogP contribution in [0.3, 0.4) is 0 Å². The summed E-state index contributed by atoms with van der Waals surface area (Å²) in [5.74, 6) is 1.61. The summed E-state index contributed by atoms with van der Waals surface area (Å²) in [5, 5.41) is -0.404. The standard InChI is InChI=1S/C32H39N2O6S/c1-22(35)40-30-31(24-11-13-25(37-4)14-12-24)41-29-10-8-7-9-28(29)34(3,32(30)36)18-17-33(2)16-15-23-19-26(38-5)21-27(20-23)39-6/h7-14,19-21,30-31H,15-18H2,1-6H3/q+1/t30-,31+,34+/m0/s1. The fraction of sp³-hybridized carbons (Fsp3) is 0.375. The number of likely N-dealkylation sites (N-methyl/N-ethyl adjacent to an activating group) is 2. The minimum atomic E-state index is -0.960. The summed E-state index contributed by atoms with van der Waals surface area (Å²) in [6, 6.07) is 21.4. The smallest absolute Gasteiger partial charge is 0.361 e. The molecule has 0 unspecified atom stereocenters. The topological polar surface area (TPSA) is 74.3 Å².